The van der Waals surface area contributed by atoms with Gasteiger partial charge in [0, 0.05) is 25.7 Å². The molecule has 0 saturated carbocycles. The van der Waals surface area contributed by atoms with E-state index < -0.39 is 0 Å². The zero-order valence-electron chi connectivity index (χ0n) is 10.5. The van der Waals surface area contributed by atoms with E-state index in [1.807, 2.05) is 0 Å². The first kappa shape index (κ1) is 12.9. The summed E-state index contributed by atoms with van der Waals surface area (Å²) in [6.45, 7) is 9.77. The number of hydrogen-bond donors (Lipinski definition) is 1. The zero-order valence-corrected chi connectivity index (χ0v) is 10.5. The zero-order chi connectivity index (χ0) is 11.1. The first-order chi connectivity index (χ1) is 7.20. The molecule has 0 aromatic rings. The van der Waals surface area contributed by atoms with Gasteiger partial charge in [0.25, 0.3) is 0 Å². The number of rotatable bonds is 7. The third-order valence-electron chi connectivity index (χ3n) is 3.07. The first-order valence-electron chi connectivity index (χ1n) is 6.19. The van der Waals surface area contributed by atoms with Crippen LogP contribution >= 0.6 is 0 Å². The molecule has 1 heterocycles. The number of likely N-dealkylation sites (N-methyl/N-ethyl adjacent to an activating group) is 1. The molecule has 0 aromatic heterocycles. The fourth-order valence-corrected chi connectivity index (χ4v) is 1.82. The molecule has 1 aliphatic rings. The molecule has 0 radical (unpaired) electrons. The number of nitrogens with one attached hydrogen (secondary N) is 1. The summed E-state index contributed by atoms with van der Waals surface area (Å²) in [6.07, 6.45) is 2.47. The molecular formula is C12H26N2O. The maximum atomic E-state index is 5.38. The third kappa shape index (κ3) is 5.50. The summed E-state index contributed by atoms with van der Waals surface area (Å²) in [4.78, 5) is 2.41. The Morgan fingerprint density at radius 1 is 1.40 bits per heavy atom. The minimum atomic E-state index is 0.650. The van der Waals surface area contributed by atoms with E-state index in [1.165, 1.54) is 12.8 Å². The number of nitrogens with zero attached hydrogens (tertiary/aromatic N) is 1. The van der Waals surface area contributed by atoms with Crippen LogP contribution in [0.4, 0.5) is 0 Å². The van der Waals surface area contributed by atoms with E-state index in [9.17, 15) is 0 Å². The lowest BCUT2D eigenvalue weighted by Crippen LogP contribution is -2.37. The molecule has 1 fully saturated rings. The highest BCUT2D eigenvalue weighted by Crippen LogP contribution is 2.09. The Hall–Kier alpha value is -0.120. The molecule has 90 valence electrons. The van der Waals surface area contributed by atoms with Crippen molar-refractivity contribution in [3.63, 3.8) is 0 Å². The molecule has 15 heavy (non-hydrogen) atoms. The summed E-state index contributed by atoms with van der Waals surface area (Å²) in [5.41, 5.74) is 0. The van der Waals surface area contributed by atoms with Crippen molar-refractivity contribution in [3.8, 4) is 0 Å². The Morgan fingerprint density at radius 3 is 2.80 bits per heavy atom. The molecule has 3 heteroatoms. The van der Waals surface area contributed by atoms with Gasteiger partial charge in [0.05, 0.1) is 6.61 Å². The van der Waals surface area contributed by atoms with Gasteiger partial charge in [-0.3, -0.25) is 4.90 Å². The maximum Gasteiger partial charge on any atom is 0.0622 e. The van der Waals surface area contributed by atoms with E-state index in [1.54, 1.807) is 0 Å². The van der Waals surface area contributed by atoms with E-state index in [0.29, 0.717) is 6.04 Å². The van der Waals surface area contributed by atoms with Crippen molar-refractivity contribution >= 4 is 0 Å². The van der Waals surface area contributed by atoms with Crippen molar-refractivity contribution in [2.24, 2.45) is 5.92 Å². The Kier molecular flexibility index (Phi) is 6.22. The lowest BCUT2D eigenvalue weighted by atomic mass is 10.1. The highest BCUT2D eigenvalue weighted by molar-refractivity contribution is 4.73. The Balaban J connectivity index is 1.94. The van der Waals surface area contributed by atoms with Crippen LogP contribution in [0.5, 0.6) is 0 Å². The molecule has 0 aromatic carbocycles. The summed E-state index contributed by atoms with van der Waals surface area (Å²) in [5, 5.41) is 3.49. The average molecular weight is 214 g/mol. The molecule has 1 rings (SSSR count). The van der Waals surface area contributed by atoms with Crippen molar-refractivity contribution in [2.75, 3.05) is 39.9 Å². The van der Waals surface area contributed by atoms with Gasteiger partial charge in [0.1, 0.15) is 0 Å². The van der Waals surface area contributed by atoms with Crippen molar-refractivity contribution in [3.05, 3.63) is 0 Å². The van der Waals surface area contributed by atoms with Crippen LogP contribution in [-0.2, 0) is 4.74 Å². The average Bonchev–Trinajstić information content (AvgIpc) is 2.69. The van der Waals surface area contributed by atoms with Crippen LogP contribution in [0.3, 0.4) is 0 Å². The topological polar surface area (TPSA) is 24.5 Å². The fraction of sp³-hybridized carbons (Fsp3) is 1.00. The van der Waals surface area contributed by atoms with Crippen molar-refractivity contribution < 1.29 is 4.74 Å². The van der Waals surface area contributed by atoms with Gasteiger partial charge in [-0.1, -0.05) is 13.8 Å². The second-order valence-electron chi connectivity index (χ2n) is 4.93. The summed E-state index contributed by atoms with van der Waals surface area (Å²) in [7, 11) is 2.20. The molecule has 0 aliphatic carbocycles. The van der Waals surface area contributed by atoms with Gasteiger partial charge < -0.3 is 10.1 Å². The van der Waals surface area contributed by atoms with Gasteiger partial charge in [-0.05, 0) is 32.4 Å². The second kappa shape index (κ2) is 7.20. The van der Waals surface area contributed by atoms with Gasteiger partial charge in [0.15, 0.2) is 0 Å². The lowest BCUT2D eigenvalue weighted by Gasteiger charge is -2.22. The maximum absolute atomic E-state index is 5.38. The van der Waals surface area contributed by atoms with Crippen LogP contribution in [-0.4, -0.2) is 50.8 Å². The van der Waals surface area contributed by atoms with Crippen LogP contribution in [0.2, 0.25) is 0 Å². The van der Waals surface area contributed by atoms with E-state index in [4.69, 9.17) is 4.74 Å². The van der Waals surface area contributed by atoms with Gasteiger partial charge in [-0.15, -0.1) is 0 Å². The first-order valence-corrected chi connectivity index (χ1v) is 6.19. The van der Waals surface area contributed by atoms with Gasteiger partial charge in [-0.2, -0.15) is 0 Å². The predicted molar refractivity (Wildman–Crippen MR) is 64.2 cm³/mol. The van der Waals surface area contributed by atoms with Crippen LogP contribution in [0.25, 0.3) is 0 Å². The minimum Gasteiger partial charge on any atom is -0.380 e. The van der Waals surface area contributed by atoms with E-state index in [-0.39, 0.29) is 0 Å². The van der Waals surface area contributed by atoms with Gasteiger partial charge in [-0.25, -0.2) is 0 Å². The highest BCUT2D eigenvalue weighted by atomic mass is 16.5. The molecule has 0 amide bonds. The quantitative estimate of drug-likeness (QED) is 0.647. The lowest BCUT2D eigenvalue weighted by molar-refractivity contribution is 0.159. The van der Waals surface area contributed by atoms with Crippen LogP contribution in [0, 0.1) is 5.92 Å². The summed E-state index contributed by atoms with van der Waals surface area (Å²) >= 11 is 0. The highest BCUT2D eigenvalue weighted by Gasteiger charge is 2.19. The Bertz CT molecular complexity index is 156. The molecule has 0 spiro atoms. The van der Waals surface area contributed by atoms with Gasteiger partial charge in [0.2, 0.25) is 0 Å². The normalized spacial score (nSPS) is 21.8. The minimum absolute atomic E-state index is 0.650. The molecule has 1 saturated heterocycles. The van der Waals surface area contributed by atoms with Gasteiger partial charge >= 0.3 is 0 Å². The SMILES string of the molecule is CC(C)CCNCCN(C)C1CCOC1. The largest absolute Gasteiger partial charge is 0.380 e. The van der Waals surface area contributed by atoms with Crippen LogP contribution in [0.15, 0.2) is 0 Å². The second-order valence-corrected chi connectivity index (χ2v) is 4.93. The monoisotopic (exact) mass is 214 g/mol. The van der Waals surface area contributed by atoms with Crippen LogP contribution < -0.4 is 5.32 Å². The standard InChI is InChI=1S/C12H26N2O/c1-11(2)4-6-13-7-8-14(3)12-5-9-15-10-12/h11-13H,4-10H2,1-3H3. The molecule has 3 nitrogen and oxygen atoms in total. The molecule has 1 N–H and O–H groups in total. The molecule has 1 unspecified atom stereocenters. The summed E-state index contributed by atoms with van der Waals surface area (Å²) in [5.74, 6) is 0.804. The number of ether oxygens (including phenoxy) is 1. The molecule has 1 aliphatic heterocycles. The smallest absolute Gasteiger partial charge is 0.0622 e. The van der Waals surface area contributed by atoms with Crippen LogP contribution in [0.1, 0.15) is 26.7 Å². The van der Waals surface area contributed by atoms with E-state index >= 15 is 0 Å². The van der Waals surface area contributed by atoms with Crippen molar-refractivity contribution in [1.82, 2.24) is 10.2 Å². The Morgan fingerprint density at radius 2 is 2.20 bits per heavy atom. The number of hydrogen-bond acceptors (Lipinski definition) is 3. The van der Waals surface area contributed by atoms with Crippen molar-refractivity contribution in [2.45, 2.75) is 32.7 Å². The van der Waals surface area contributed by atoms with Crippen molar-refractivity contribution in [1.29, 1.82) is 0 Å². The predicted octanol–water partition coefficient (Wildman–Crippen LogP) is 1.34. The molecular weight excluding hydrogens is 188 g/mol. The molecule has 1 atom stereocenters. The van der Waals surface area contributed by atoms with E-state index in [0.717, 1.165) is 38.8 Å². The molecule has 0 bridgehead atoms. The fourth-order valence-electron chi connectivity index (χ4n) is 1.82. The summed E-state index contributed by atoms with van der Waals surface area (Å²) < 4.78 is 5.38. The van der Waals surface area contributed by atoms with E-state index in [2.05, 4.69) is 31.1 Å². The Labute approximate surface area is 94.2 Å². The summed E-state index contributed by atoms with van der Waals surface area (Å²) in [6, 6.07) is 0.650. The third-order valence-corrected chi connectivity index (χ3v) is 3.07.